The second-order valence-corrected chi connectivity index (χ2v) is 12.2. The van der Waals surface area contributed by atoms with Crippen LogP contribution in [0.3, 0.4) is 0 Å². The fourth-order valence-electron chi connectivity index (χ4n) is 5.36. The smallest absolute Gasteiger partial charge is 0.426 e. The molecule has 1 fully saturated rings. The third-order valence-electron chi connectivity index (χ3n) is 7.29. The Morgan fingerprint density at radius 1 is 0.833 bits per heavy atom. The van der Waals surface area contributed by atoms with Gasteiger partial charge in [0.25, 0.3) is 5.60 Å². The van der Waals surface area contributed by atoms with Gasteiger partial charge >= 0.3 is 18.3 Å². The first-order valence-corrected chi connectivity index (χ1v) is 11.7. The third kappa shape index (κ3) is 4.71. The molecule has 3 rings (SSSR count). The van der Waals surface area contributed by atoms with Crippen LogP contribution in [-0.2, 0) is 15.1 Å². The number of rotatable bonds is 4. The predicted octanol–water partition coefficient (Wildman–Crippen LogP) is 7.70. The summed E-state index contributed by atoms with van der Waals surface area (Å²) >= 11 is 0. The van der Waals surface area contributed by atoms with E-state index >= 15 is 0 Å². The van der Waals surface area contributed by atoms with E-state index in [4.69, 9.17) is 4.74 Å². The van der Waals surface area contributed by atoms with E-state index in [-0.39, 0.29) is 12.0 Å². The molecule has 0 spiro atoms. The monoisotopic (exact) mass is 518 g/mol. The highest BCUT2D eigenvalue weighted by Gasteiger charge is 2.75. The van der Waals surface area contributed by atoms with E-state index in [1.807, 2.05) is 20.8 Å². The number of fused-ring (bicyclic) bond motifs is 1. The molecule has 2 aromatic carbocycles. The van der Waals surface area contributed by atoms with Crippen molar-refractivity contribution in [2.24, 2.45) is 16.2 Å². The third-order valence-corrected chi connectivity index (χ3v) is 7.29. The van der Waals surface area contributed by atoms with Crippen LogP contribution in [0.4, 0.5) is 26.3 Å². The molecule has 2 aromatic rings. The minimum atomic E-state index is -6.06. The van der Waals surface area contributed by atoms with Crippen molar-refractivity contribution in [3.05, 3.63) is 48.0 Å². The molecule has 1 aliphatic heterocycles. The van der Waals surface area contributed by atoms with Gasteiger partial charge in [-0.1, -0.05) is 77.9 Å². The lowest BCUT2D eigenvalue weighted by molar-refractivity contribution is -0.378. The van der Waals surface area contributed by atoms with Crippen LogP contribution in [0.2, 0.25) is 0 Å². The first-order chi connectivity index (χ1) is 16.1. The fourth-order valence-corrected chi connectivity index (χ4v) is 5.36. The molecule has 36 heavy (non-hydrogen) atoms. The van der Waals surface area contributed by atoms with Crippen LogP contribution in [0.5, 0.6) is 0 Å². The van der Waals surface area contributed by atoms with E-state index in [1.54, 1.807) is 51.1 Å². The van der Waals surface area contributed by atoms with Crippen molar-refractivity contribution in [3.63, 3.8) is 0 Å². The van der Waals surface area contributed by atoms with Gasteiger partial charge in [0.1, 0.15) is 5.60 Å². The van der Waals surface area contributed by atoms with Crippen molar-refractivity contribution in [3.8, 4) is 0 Å². The largest absolute Gasteiger partial charge is 0.454 e. The van der Waals surface area contributed by atoms with E-state index in [9.17, 15) is 36.2 Å². The van der Waals surface area contributed by atoms with E-state index in [0.29, 0.717) is 10.8 Å². The van der Waals surface area contributed by atoms with E-state index in [0.717, 1.165) is 0 Å². The molecule has 3 nitrogen and oxygen atoms in total. The normalized spacial score (nSPS) is 24.3. The maximum absolute atomic E-state index is 13.9. The SMILES string of the molecule is CC(C)(C)CC1(C(C)(C)C)CC(CC(O)(C(F)(F)F)C(F)(F)F)(c2ccc3ccccc3c2)OC1=O. The van der Waals surface area contributed by atoms with E-state index < -0.39 is 58.6 Å². The number of cyclic esters (lactones) is 1. The summed E-state index contributed by atoms with van der Waals surface area (Å²) in [6.07, 6.45) is -14.3. The molecule has 2 unspecified atom stereocenters. The number of benzene rings is 2. The molecule has 0 amide bonds. The summed E-state index contributed by atoms with van der Waals surface area (Å²) in [5.41, 5.74) is -10.3. The average molecular weight is 519 g/mol. The zero-order chi connectivity index (χ0) is 27.6. The number of esters is 1. The number of hydrogen-bond donors (Lipinski definition) is 1. The standard InChI is InChI=1S/C27H32F6O3/c1-21(2,3)14-23(22(4,5)6)15-24(36-20(23)34,16-25(35,26(28,29)30)27(31,32)33)19-12-11-17-9-7-8-10-18(17)13-19/h7-13,35H,14-16H2,1-6H3. The molecule has 200 valence electrons. The molecule has 0 aliphatic carbocycles. The fraction of sp³-hybridized carbons (Fsp3) is 0.593. The Bertz CT molecular complexity index is 1130. The average Bonchev–Trinajstić information content (AvgIpc) is 2.97. The molecule has 1 aliphatic rings. The highest BCUT2D eigenvalue weighted by atomic mass is 19.4. The Labute approximate surface area is 206 Å². The van der Waals surface area contributed by atoms with Crippen molar-refractivity contribution < 1.29 is 41.0 Å². The Morgan fingerprint density at radius 2 is 1.36 bits per heavy atom. The van der Waals surface area contributed by atoms with Crippen molar-refractivity contribution >= 4 is 16.7 Å². The van der Waals surface area contributed by atoms with Crippen LogP contribution in [0.25, 0.3) is 10.8 Å². The van der Waals surface area contributed by atoms with Crippen LogP contribution in [0, 0.1) is 16.2 Å². The molecular weight excluding hydrogens is 486 g/mol. The summed E-state index contributed by atoms with van der Waals surface area (Å²) in [6, 6.07) is 11.2. The van der Waals surface area contributed by atoms with Gasteiger partial charge < -0.3 is 9.84 Å². The topological polar surface area (TPSA) is 46.5 Å². The molecule has 0 saturated carbocycles. The van der Waals surface area contributed by atoms with Crippen LogP contribution >= 0.6 is 0 Å². The zero-order valence-electron chi connectivity index (χ0n) is 21.2. The Hall–Kier alpha value is -2.29. The number of aliphatic hydroxyl groups is 1. The number of carbonyl (C=O) groups excluding carboxylic acids is 1. The summed E-state index contributed by atoms with van der Waals surface area (Å²) < 4.78 is 88.9. The maximum Gasteiger partial charge on any atom is 0.426 e. The van der Waals surface area contributed by atoms with Gasteiger partial charge in [-0.3, -0.25) is 4.79 Å². The van der Waals surface area contributed by atoms with Crippen molar-refractivity contribution in [2.75, 3.05) is 0 Å². The van der Waals surface area contributed by atoms with Crippen LogP contribution in [-0.4, -0.2) is 29.0 Å². The van der Waals surface area contributed by atoms with Gasteiger partial charge in [0.2, 0.25) is 0 Å². The van der Waals surface area contributed by atoms with Gasteiger partial charge in [-0.05, 0) is 39.7 Å². The van der Waals surface area contributed by atoms with Gasteiger partial charge in [0, 0.05) is 12.8 Å². The molecule has 2 atom stereocenters. The summed E-state index contributed by atoms with van der Waals surface area (Å²) in [7, 11) is 0. The quantitative estimate of drug-likeness (QED) is 0.333. The lowest BCUT2D eigenvalue weighted by atomic mass is 9.56. The van der Waals surface area contributed by atoms with Gasteiger partial charge in [-0.25, -0.2) is 0 Å². The number of hydrogen-bond acceptors (Lipinski definition) is 3. The number of alkyl halides is 6. The van der Waals surface area contributed by atoms with Gasteiger partial charge in [-0.2, -0.15) is 26.3 Å². The highest BCUT2D eigenvalue weighted by molar-refractivity contribution is 5.85. The van der Waals surface area contributed by atoms with Crippen LogP contribution in [0.1, 0.15) is 66.4 Å². The van der Waals surface area contributed by atoms with Crippen molar-refractivity contribution in [2.45, 2.75) is 84.4 Å². The molecule has 1 N–H and O–H groups in total. The zero-order valence-corrected chi connectivity index (χ0v) is 21.2. The second-order valence-electron chi connectivity index (χ2n) is 12.2. The van der Waals surface area contributed by atoms with Gasteiger partial charge in [0.05, 0.1) is 5.41 Å². The van der Waals surface area contributed by atoms with E-state index in [2.05, 4.69) is 0 Å². The minimum Gasteiger partial charge on any atom is -0.454 e. The molecule has 0 bridgehead atoms. The lowest BCUT2D eigenvalue weighted by Gasteiger charge is -2.44. The molecule has 1 saturated heterocycles. The highest BCUT2D eigenvalue weighted by Crippen LogP contribution is 2.63. The number of carbonyl (C=O) groups is 1. The molecule has 9 heteroatoms. The molecular formula is C27H32F6O3. The first kappa shape index (κ1) is 28.3. The number of halogens is 6. The van der Waals surface area contributed by atoms with Gasteiger partial charge in [-0.15, -0.1) is 0 Å². The summed E-state index contributed by atoms with van der Waals surface area (Å²) in [5, 5.41) is 11.5. The van der Waals surface area contributed by atoms with E-state index in [1.165, 1.54) is 12.1 Å². The second kappa shape index (κ2) is 8.36. The summed E-state index contributed by atoms with van der Waals surface area (Å²) in [5.74, 6) is -0.871. The van der Waals surface area contributed by atoms with Crippen LogP contribution in [0.15, 0.2) is 42.5 Å². The predicted molar refractivity (Wildman–Crippen MR) is 124 cm³/mol. The van der Waals surface area contributed by atoms with Crippen molar-refractivity contribution in [1.29, 1.82) is 0 Å². The Morgan fingerprint density at radius 3 is 1.83 bits per heavy atom. The lowest BCUT2D eigenvalue weighted by Crippen LogP contribution is -2.60. The summed E-state index contributed by atoms with van der Waals surface area (Å²) in [6.45, 7) is 10.7. The number of ether oxygens (including phenoxy) is 1. The summed E-state index contributed by atoms with van der Waals surface area (Å²) in [4.78, 5) is 13.6. The minimum absolute atomic E-state index is 0.0264. The van der Waals surface area contributed by atoms with Crippen LogP contribution < -0.4 is 0 Å². The maximum atomic E-state index is 13.9. The molecule has 0 radical (unpaired) electrons. The molecule has 1 heterocycles. The first-order valence-electron chi connectivity index (χ1n) is 11.7. The Balaban J connectivity index is 2.32. The Kier molecular flexibility index (Phi) is 6.57. The van der Waals surface area contributed by atoms with Gasteiger partial charge in [0.15, 0.2) is 0 Å². The molecule has 0 aromatic heterocycles. The van der Waals surface area contributed by atoms with Crippen molar-refractivity contribution in [1.82, 2.24) is 0 Å².